The van der Waals surface area contributed by atoms with Crippen molar-refractivity contribution >= 4 is 18.4 Å². The number of H-pyrrole nitrogens is 1. The highest BCUT2D eigenvalue weighted by Crippen LogP contribution is 2.14. The molecule has 2 aromatic rings. The first kappa shape index (κ1) is 18.1. The maximum absolute atomic E-state index is 12.0. The number of hydrogen-bond donors (Lipinski definition) is 2. The molecule has 0 unspecified atom stereocenters. The number of aromatic hydroxyl groups is 1. The number of aliphatic imine (C=N–C) groups is 1. The van der Waals surface area contributed by atoms with Crippen LogP contribution in [0.2, 0.25) is 0 Å². The molecule has 0 radical (unpaired) electrons. The van der Waals surface area contributed by atoms with E-state index in [1.165, 1.54) is 23.6 Å². The molecule has 2 N–H and O–H groups in total. The predicted octanol–water partition coefficient (Wildman–Crippen LogP) is 3.66. The first-order valence-corrected chi connectivity index (χ1v) is 8.64. The molecule has 0 saturated carbocycles. The summed E-state index contributed by atoms with van der Waals surface area (Å²) in [5.41, 5.74) is 0.715. The summed E-state index contributed by atoms with van der Waals surface area (Å²) in [7, 11) is 0. The van der Waals surface area contributed by atoms with E-state index in [9.17, 15) is 9.90 Å². The molecule has 0 atom stereocenters. The molecule has 5 nitrogen and oxygen atoms in total. The number of aromatic amines is 1. The third-order valence-electron chi connectivity index (χ3n) is 3.75. The average Bonchev–Trinajstić information content (AvgIpc) is 2.58. The highest BCUT2D eigenvalue weighted by molar-refractivity contribution is 7.71. The Kier molecular flexibility index (Phi) is 6.93. The minimum Gasteiger partial charge on any atom is -0.494 e. The van der Waals surface area contributed by atoms with Gasteiger partial charge in [0.25, 0.3) is 5.56 Å². The summed E-state index contributed by atoms with van der Waals surface area (Å²) < 4.78 is 1.70. The first-order chi connectivity index (χ1) is 11.6. The fourth-order valence-electron chi connectivity index (χ4n) is 2.39. The van der Waals surface area contributed by atoms with Crippen molar-refractivity contribution < 1.29 is 5.11 Å². The first-order valence-electron chi connectivity index (χ1n) is 8.23. The minimum atomic E-state index is -0.417. The zero-order chi connectivity index (χ0) is 17.4. The largest absolute Gasteiger partial charge is 0.494 e. The van der Waals surface area contributed by atoms with Crippen molar-refractivity contribution in [2.24, 2.45) is 4.99 Å². The number of nitrogens with one attached hydrogen (secondary N) is 1. The van der Waals surface area contributed by atoms with Crippen LogP contribution < -0.4 is 5.56 Å². The molecule has 1 heterocycles. The maximum Gasteiger partial charge on any atom is 0.264 e. The number of rotatable bonds is 8. The van der Waals surface area contributed by atoms with Crippen LogP contribution in [0.3, 0.4) is 0 Å². The quantitative estimate of drug-likeness (QED) is 0.436. The molecule has 2 rings (SSSR count). The highest BCUT2D eigenvalue weighted by atomic mass is 32.1. The van der Waals surface area contributed by atoms with Gasteiger partial charge in [-0.3, -0.25) is 19.3 Å². The van der Waals surface area contributed by atoms with Crippen molar-refractivity contribution in [3.8, 4) is 5.88 Å². The second-order valence-corrected chi connectivity index (χ2v) is 6.05. The fraction of sp³-hybridized carbons (Fsp3) is 0.389. The normalized spacial score (nSPS) is 11.2. The van der Waals surface area contributed by atoms with E-state index in [1.54, 1.807) is 0 Å². The van der Waals surface area contributed by atoms with Crippen molar-refractivity contribution in [3.63, 3.8) is 0 Å². The van der Waals surface area contributed by atoms with Gasteiger partial charge in [-0.1, -0.05) is 56.5 Å². The second kappa shape index (κ2) is 9.17. The minimum absolute atomic E-state index is 0.148. The highest BCUT2D eigenvalue weighted by Gasteiger charge is 2.11. The Hall–Kier alpha value is -2.21. The molecule has 6 heteroatoms. The number of benzene rings is 1. The lowest BCUT2D eigenvalue weighted by atomic mass is 10.2. The van der Waals surface area contributed by atoms with Crippen LogP contribution in [0.15, 0.2) is 40.1 Å². The molecule has 1 aromatic carbocycles. The van der Waals surface area contributed by atoms with Crippen molar-refractivity contribution in [2.75, 3.05) is 6.54 Å². The van der Waals surface area contributed by atoms with Gasteiger partial charge >= 0.3 is 0 Å². The fourth-order valence-corrected chi connectivity index (χ4v) is 2.63. The molecule has 128 valence electrons. The maximum atomic E-state index is 12.0. The standard InChI is InChI=1S/C18H23N3O2S/c1-2-3-4-8-11-19-12-15-16(22)20-18(24)21(17(15)23)13-14-9-6-5-7-10-14/h5-7,9-10,12,23H,2-4,8,11,13H2,1H3,(H,20,22,24). The van der Waals surface area contributed by atoms with Crippen LogP contribution in [0.25, 0.3) is 0 Å². The molecule has 0 amide bonds. The Labute approximate surface area is 146 Å². The molecule has 0 aliphatic heterocycles. The van der Waals surface area contributed by atoms with E-state index in [0.29, 0.717) is 13.1 Å². The third-order valence-corrected chi connectivity index (χ3v) is 4.07. The summed E-state index contributed by atoms with van der Waals surface area (Å²) >= 11 is 5.17. The van der Waals surface area contributed by atoms with Gasteiger partial charge in [0.15, 0.2) is 4.77 Å². The van der Waals surface area contributed by atoms with E-state index >= 15 is 0 Å². The lowest BCUT2D eigenvalue weighted by Crippen LogP contribution is -2.19. The van der Waals surface area contributed by atoms with Crippen LogP contribution in [-0.4, -0.2) is 27.4 Å². The Morgan fingerprint density at radius 3 is 2.71 bits per heavy atom. The smallest absolute Gasteiger partial charge is 0.264 e. The van der Waals surface area contributed by atoms with E-state index in [-0.39, 0.29) is 16.2 Å². The van der Waals surface area contributed by atoms with E-state index in [0.717, 1.165) is 18.4 Å². The van der Waals surface area contributed by atoms with Crippen molar-refractivity contribution in [3.05, 3.63) is 56.6 Å². The molecular formula is C18H23N3O2S. The number of aromatic nitrogens is 2. The van der Waals surface area contributed by atoms with Gasteiger partial charge in [-0.05, 0) is 24.2 Å². The zero-order valence-electron chi connectivity index (χ0n) is 13.9. The van der Waals surface area contributed by atoms with Gasteiger partial charge in [-0.25, -0.2) is 0 Å². The van der Waals surface area contributed by atoms with Crippen LogP contribution in [0.4, 0.5) is 0 Å². The topological polar surface area (TPSA) is 70.4 Å². The van der Waals surface area contributed by atoms with Gasteiger partial charge < -0.3 is 5.11 Å². The monoisotopic (exact) mass is 345 g/mol. The van der Waals surface area contributed by atoms with Crippen LogP contribution in [-0.2, 0) is 6.54 Å². The molecule has 0 aliphatic rings. The summed E-state index contributed by atoms with van der Waals surface area (Å²) in [6.07, 6.45) is 5.89. The van der Waals surface area contributed by atoms with E-state index in [2.05, 4.69) is 16.9 Å². The van der Waals surface area contributed by atoms with Crippen LogP contribution in [0.5, 0.6) is 5.88 Å². The Morgan fingerprint density at radius 2 is 2.00 bits per heavy atom. The average molecular weight is 345 g/mol. The van der Waals surface area contributed by atoms with E-state index < -0.39 is 5.56 Å². The molecule has 24 heavy (non-hydrogen) atoms. The molecule has 1 aromatic heterocycles. The lowest BCUT2D eigenvalue weighted by Gasteiger charge is -2.11. The van der Waals surface area contributed by atoms with E-state index in [1.807, 2.05) is 30.3 Å². The summed E-state index contributed by atoms with van der Waals surface area (Å²) in [5, 5.41) is 10.4. The second-order valence-electron chi connectivity index (χ2n) is 5.66. The van der Waals surface area contributed by atoms with Crippen LogP contribution in [0, 0.1) is 4.77 Å². The van der Waals surface area contributed by atoms with Crippen LogP contribution in [0.1, 0.15) is 43.7 Å². The van der Waals surface area contributed by atoms with Crippen molar-refractivity contribution in [2.45, 2.75) is 39.2 Å². The number of unbranched alkanes of at least 4 members (excludes halogenated alkanes) is 3. The van der Waals surface area contributed by atoms with E-state index in [4.69, 9.17) is 12.2 Å². The van der Waals surface area contributed by atoms with Gasteiger partial charge in [0, 0.05) is 12.8 Å². The van der Waals surface area contributed by atoms with Crippen LogP contribution >= 0.6 is 12.2 Å². The van der Waals surface area contributed by atoms with Gasteiger partial charge in [0.1, 0.15) is 5.56 Å². The Bertz CT molecular complexity index is 794. The lowest BCUT2D eigenvalue weighted by molar-refractivity contribution is 0.411. The Balaban J connectivity index is 2.20. The molecule has 0 spiro atoms. The summed E-state index contributed by atoms with van der Waals surface area (Å²) in [6.45, 7) is 3.19. The number of hydrogen-bond acceptors (Lipinski definition) is 4. The van der Waals surface area contributed by atoms with Gasteiger partial charge in [-0.15, -0.1) is 0 Å². The number of nitrogens with zero attached hydrogens (tertiary/aromatic N) is 2. The van der Waals surface area contributed by atoms with Crippen molar-refractivity contribution in [1.29, 1.82) is 0 Å². The summed E-state index contributed by atoms with van der Waals surface area (Å²) in [5.74, 6) is -0.148. The SMILES string of the molecule is CCCCCCN=Cc1c(O)n(Cc2ccccc2)c(=S)[nH]c1=O. The Morgan fingerprint density at radius 1 is 1.25 bits per heavy atom. The zero-order valence-corrected chi connectivity index (χ0v) is 14.7. The molecule has 0 fully saturated rings. The van der Waals surface area contributed by atoms with Gasteiger partial charge in [-0.2, -0.15) is 0 Å². The molecule has 0 aliphatic carbocycles. The third kappa shape index (κ3) is 4.89. The van der Waals surface area contributed by atoms with Gasteiger partial charge in [0.2, 0.25) is 5.88 Å². The predicted molar refractivity (Wildman–Crippen MR) is 99.7 cm³/mol. The summed E-state index contributed by atoms with van der Waals surface area (Å²) in [6, 6.07) is 9.63. The molecular weight excluding hydrogens is 322 g/mol. The van der Waals surface area contributed by atoms with Gasteiger partial charge in [0.05, 0.1) is 6.54 Å². The summed E-state index contributed by atoms with van der Waals surface area (Å²) in [4.78, 5) is 18.9. The molecule has 0 bridgehead atoms. The molecule has 0 saturated heterocycles. The van der Waals surface area contributed by atoms with Crippen molar-refractivity contribution in [1.82, 2.24) is 9.55 Å².